The highest BCUT2D eigenvalue weighted by molar-refractivity contribution is 5.79. The van der Waals surface area contributed by atoms with Gasteiger partial charge in [0.15, 0.2) is 0 Å². The van der Waals surface area contributed by atoms with E-state index < -0.39 is 0 Å². The number of amides is 3. The van der Waals surface area contributed by atoms with Crippen molar-refractivity contribution < 1.29 is 19.1 Å². The van der Waals surface area contributed by atoms with E-state index in [1.54, 1.807) is 0 Å². The molecule has 3 amide bonds. The number of morpholine rings is 1. The van der Waals surface area contributed by atoms with Crippen molar-refractivity contribution in [1.29, 1.82) is 0 Å². The molecule has 3 heterocycles. The van der Waals surface area contributed by atoms with Gasteiger partial charge in [-0.25, -0.2) is 4.79 Å². The van der Waals surface area contributed by atoms with Crippen LogP contribution in [-0.2, 0) is 9.53 Å². The summed E-state index contributed by atoms with van der Waals surface area (Å²) in [4.78, 5) is 28.1. The second kappa shape index (κ2) is 7.28. The van der Waals surface area contributed by atoms with Gasteiger partial charge in [-0.3, -0.25) is 4.79 Å². The number of nitrogens with zero attached hydrogens (tertiary/aromatic N) is 2. The summed E-state index contributed by atoms with van der Waals surface area (Å²) in [7, 11) is 0. The van der Waals surface area contributed by atoms with Crippen LogP contribution in [0.5, 0.6) is 5.75 Å². The zero-order chi connectivity index (χ0) is 19.1. The van der Waals surface area contributed by atoms with Crippen LogP contribution < -0.4 is 10.1 Å². The lowest BCUT2D eigenvalue weighted by atomic mass is 9.91. The first-order valence-corrected chi connectivity index (χ1v) is 10.3. The SMILES string of the molecule is O=C1CO[C@H]2CCN(C(=O)N3CC(c4ccc(OCC5CC5)cc4)C3)C[C@H]2N1. The molecule has 4 fully saturated rings. The van der Waals surface area contributed by atoms with Gasteiger partial charge in [0, 0.05) is 32.1 Å². The first-order valence-electron chi connectivity index (χ1n) is 10.3. The van der Waals surface area contributed by atoms with E-state index in [-0.39, 0.29) is 30.7 Å². The van der Waals surface area contributed by atoms with Crippen LogP contribution in [0.1, 0.15) is 30.7 Å². The summed E-state index contributed by atoms with van der Waals surface area (Å²) in [5.41, 5.74) is 1.26. The predicted molar refractivity (Wildman–Crippen MR) is 102 cm³/mol. The standard InChI is InChI=1S/C21H27N3O4/c25-20-13-28-19-7-8-23(11-18(19)22-20)21(26)24-9-16(10-24)15-3-5-17(6-4-15)27-12-14-1-2-14/h3-6,14,16,18-19H,1-2,7-13H2,(H,22,25)/t18-,19+/m1/s1. The van der Waals surface area contributed by atoms with Gasteiger partial charge in [-0.05, 0) is 42.9 Å². The molecule has 1 aliphatic carbocycles. The Morgan fingerprint density at radius 2 is 1.89 bits per heavy atom. The van der Waals surface area contributed by atoms with Gasteiger partial charge in [0.1, 0.15) is 12.4 Å². The molecule has 5 rings (SSSR count). The molecule has 0 aromatic heterocycles. The van der Waals surface area contributed by atoms with E-state index in [1.165, 1.54) is 18.4 Å². The fourth-order valence-corrected chi connectivity index (χ4v) is 4.25. The Hall–Kier alpha value is -2.28. The van der Waals surface area contributed by atoms with Crippen molar-refractivity contribution in [2.24, 2.45) is 5.92 Å². The van der Waals surface area contributed by atoms with Gasteiger partial charge in [0.05, 0.1) is 18.8 Å². The molecule has 0 spiro atoms. The first kappa shape index (κ1) is 17.8. The van der Waals surface area contributed by atoms with Crippen LogP contribution in [0.2, 0.25) is 0 Å². The normalized spacial score (nSPS) is 27.6. The van der Waals surface area contributed by atoms with Crippen molar-refractivity contribution in [2.45, 2.75) is 37.3 Å². The Morgan fingerprint density at radius 1 is 1.11 bits per heavy atom. The fraction of sp³-hybridized carbons (Fsp3) is 0.619. The largest absolute Gasteiger partial charge is 0.493 e. The Kier molecular flexibility index (Phi) is 4.62. The van der Waals surface area contributed by atoms with Crippen LogP contribution >= 0.6 is 0 Å². The van der Waals surface area contributed by atoms with Gasteiger partial charge in [-0.2, -0.15) is 0 Å². The van der Waals surface area contributed by atoms with E-state index in [0.717, 1.165) is 37.8 Å². The number of benzene rings is 1. The van der Waals surface area contributed by atoms with Crippen LogP contribution in [0.3, 0.4) is 0 Å². The molecule has 2 atom stereocenters. The summed E-state index contributed by atoms with van der Waals surface area (Å²) in [6, 6.07) is 8.31. The molecule has 28 heavy (non-hydrogen) atoms. The van der Waals surface area contributed by atoms with Crippen LogP contribution in [0, 0.1) is 5.92 Å². The molecule has 0 radical (unpaired) electrons. The summed E-state index contributed by atoms with van der Waals surface area (Å²) in [5, 5.41) is 2.95. The van der Waals surface area contributed by atoms with Crippen molar-refractivity contribution in [2.75, 3.05) is 39.4 Å². The lowest BCUT2D eigenvalue weighted by molar-refractivity contribution is -0.139. The van der Waals surface area contributed by atoms with E-state index >= 15 is 0 Å². The third-order valence-electron chi connectivity index (χ3n) is 6.28. The Bertz CT molecular complexity index is 743. The number of hydrogen-bond acceptors (Lipinski definition) is 4. The van der Waals surface area contributed by atoms with Crippen LogP contribution in [0.4, 0.5) is 4.79 Å². The highest BCUT2D eigenvalue weighted by Crippen LogP contribution is 2.32. The van der Waals surface area contributed by atoms with Crippen molar-refractivity contribution in [3.63, 3.8) is 0 Å². The van der Waals surface area contributed by atoms with E-state index in [9.17, 15) is 9.59 Å². The fourth-order valence-electron chi connectivity index (χ4n) is 4.25. The number of carbonyl (C=O) groups excluding carboxylic acids is 2. The van der Waals surface area contributed by atoms with Crippen LogP contribution in [0.25, 0.3) is 0 Å². The Balaban J connectivity index is 1.11. The maximum absolute atomic E-state index is 12.8. The lowest BCUT2D eigenvalue weighted by Gasteiger charge is -2.46. The summed E-state index contributed by atoms with van der Waals surface area (Å²) in [6.07, 6.45) is 3.39. The van der Waals surface area contributed by atoms with E-state index in [4.69, 9.17) is 9.47 Å². The maximum atomic E-state index is 12.8. The molecule has 0 unspecified atom stereocenters. The molecule has 4 aliphatic rings. The number of carbonyl (C=O) groups is 2. The highest BCUT2D eigenvalue weighted by atomic mass is 16.5. The van der Waals surface area contributed by atoms with Gasteiger partial charge < -0.3 is 24.6 Å². The summed E-state index contributed by atoms with van der Waals surface area (Å²) < 4.78 is 11.4. The summed E-state index contributed by atoms with van der Waals surface area (Å²) >= 11 is 0. The number of likely N-dealkylation sites (tertiary alicyclic amines) is 2. The van der Waals surface area contributed by atoms with E-state index in [2.05, 4.69) is 17.4 Å². The molecule has 7 heteroatoms. The predicted octanol–water partition coefficient (Wildman–Crippen LogP) is 1.58. The van der Waals surface area contributed by atoms with Gasteiger partial charge in [-0.15, -0.1) is 0 Å². The molecular formula is C21H27N3O4. The van der Waals surface area contributed by atoms with Crippen LogP contribution in [0.15, 0.2) is 24.3 Å². The van der Waals surface area contributed by atoms with E-state index in [1.807, 2.05) is 21.9 Å². The first-order chi connectivity index (χ1) is 13.7. The van der Waals surface area contributed by atoms with Crippen LogP contribution in [-0.4, -0.2) is 73.3 Å². The minimum absolute atomic E-state index is 0.0338. The quantitative estimate of drug-likeness (QED) is 0.854. The molecule has 1 aromatic carbocycles. The Morgan fingerprint density at radius 3 is 2.64 bits per heavy atom. The summed E-state index contributed by atoms with van der Waals surface area (Å²) in [6.45, 7) is 3.66. The minimum atomic E-state index is -0.0934. The number of fused-ring (bicyclic) bond motifs is 1. The van der Waals surface area contributed by atoms with Gasteiger partial charge >= 0.3 is 6.03 Å². The number of ether oxygens (including phenoxy) is 2. The zero-order valence-electron chi connectivity index (χ0n) is 16.0. The van der Waals surface area contributed by atoms with Crippen molar-refractivity contribution in [1.82, 2.24) is 15.1 Å². The molecule has 7 nitrogen and oxygen atoms in total. The molecule has 1 N–H and O–H groups in total. The number of nitrogens with one attached hydrogen (secondary N) is 1. The van der Waals surface area contributed by atoms with Gasteiger partial charge in [-0.1, -0.05) is 12.1 Å². The molecule has 1 aromatic rings. The number of urea groups is 1. The highest BCUT2D eigenvalue weighted by Gasteiger charge is 2.40. The smallest absolute Gasteiger partial charge is 0.320 e. The molecule has 150 valence electrons. The third-order valence-corrected chi connectivity index (χ3v) is 6.28. The molecule has 1 saturated carbocycles. The summed E-state index contributed by atoms with van der Waals surface area (Å²) in [5.74, 6) is 1.98. The Labute approximate surface area is 165 Å². The van der Waals surface area contributed by atoms with Gasteiger partial charge in [0.2, 0.25) is 5.91 Å². The second-order valence-electron chi connectivity index (χ2n) is 8.47. The van der Waals surface area contributed by atoms with Crippen molar-refractivity contribution >= 4 is 11.9 Å². The monoisotopic (exact) mass is 385 g/mol. The topological polar surface area (TPSA) is 71.1 Å². The van der Waals surface area contributed by atoms with E-state index in [0.29, 0.717) is 19.0 Å². The lowest BCUT2D eigenvalue weighted by Crippen LogP contribution is -2.63. The zero-order valence-corrected chi connectivity index (χ0v) is 16.0. The van der Waals surface area contributed by atoms with Crippen molar-refractivity contribution in [3.8, 4) is 5.75 Å². The van der Waals surface area contributed by atoms with Gasteiger partial charge in [0.25, 0.3) is 0 Å². The second-order valence-corrected chi connectivity index (χ2v) is 8.47. The number of hydrogen-bond donors (Lipinski definition) is 1. The third kappa shape index (κ3) is 3.68. The average molecular weight is 385 g/mol. The molecule has 3 saturated heterocycles. The molecular weight excluding hydrogens is 358 g/mol. The number of rotatable bonds is 4. The molecule has 3 aliphatic heterocycles. The molecule has 0 bridgehead atoms. The number of piperidine rings is 1. The maximum Gasteiger partial charge on any atom is 0.320 e. The average Bonchev–Trinajstić information content (AvgIpc) is 3.50. The van der Waals surface area contributed by atoms with Crippen molar-refractivity contribution in [3.05, 3.63) is 29.8 Å². The minimum Gasteiger partial charge on any atom is -0.493 e.